The topological polar surface area (TPSA) is 185 Å². The summed E-state index contributed by atoms with van der Waals surface area (Å²) in [5, 5.41) is 14.9. The molecule has 15 heteroatoms. The second kappa shape index (κ2) is 18.6. The molecular weight excluding hydrogens is 776 g/mol. The summed E-state index contributed by atoms with van der Waals surface area (Å²) in [6.07, 6.45) is 5.85. The first-order valence-electron chi connectivity index (χ1n) is 21.7. The number of aliphatic hydroxyl groups excluding tert-OH is 1. The van der Waals surface area contributed by atoms with E-state index in [4.69, 9.17) is 33.3 Å². The van der Waals surface area contributed by atoms with E-state index in [1.54, 1.807) is 52.8 Å². The van der Waals surface area contributed by atoms with Crippen molar-refractivity contribution < 1.29 is 62.3 Å². The maximum Gasteiger partial charge on any atom is 0.348 e. The smallest absolute Gasteiger partial charge is 0.348 e. The number of carbonyl (C=O) groups excluding carboxylic acids is 5. The molecule has 60 heavy (non-hydrogen) atoms. The van der Waals surface area contributed by atoms with Crippen LogP contribution in [0.4, 0.5) is 0 Å². The molecule has 2 N–H and O–H groups in total. The Hall–Kier alpha value is -3.89. The van der Waals surface area contributed by atoms with Crippen LogP contribution in [0.3, 0.4) is 0 Å². The second-order valence-electron chi connectivity index (χ2n) is 18.7. The first kappa shape index (κ1) is 45.6. The zero-order valence-electron chi connectivity index (χ0n) is 36.2. The molecule has 0 radical (unpaired) electrons. The third-order valence-electron chi connectivity index (χ3n) is 12.1. The van der Waals surface area contributed by atoms with Gasteiger partial charge in [-0.2, -0.15) is 5.06 Å². The molecule has 8 unspecified atom stereocenters. The van der Waals surface area contributed by atoms with Crippen LogP contribution >= 0.6 is 0 Å². The molecule has 8 atom stereocenters. The van der Waals surface area contributed by atoms with Crippen LogP contribution in [0, 0.1) is 10.8 Å². The number of aliphatic hydroxyl groups is 1. The molecule has 1 amide bonds. The number of nitrogens with zero attached hydrogens (tertiary/aromatic N) is 1. The maximum atomic E-state index is 14.9. The van der Waals surface area contributed by atoms with Crippen LogP contribution in [0.15, 0.2) is 30.3 Å². The van der Waals surface area contributed by atoms with Gasteiger partial charge in [0.1, 0.15) is 42.0 Å². The summed E-state index contributed by atoms with van der Waals surface area (Å²) in [4.78, 5) is 73.5. The number of unbranched alkanes of at least 4 members (excludes halogenated alkanes) is 4. The Labute approximate surface area is 353 Å². The van der Waals surface area contributed by atoms with Gasteiger partial charge in [0, 0.05) is 37.2 Å². The molecule has 2 bridgehead atoms. The summed E-state index contributed by atoms with van der Waals surface area (Å²) in [7, 11) is 0. The zero-order chi connectivity index (χ0) is 43.5. The first-order chi connectivity index (χ1) is 28.4. The molecular formula is C45H64N2O13. The van der Waals surface area contributed by atoms with Crippen molar-refractivity contribution in [1.29, 1.82) is 0 Å². The lowest BCUT2D eigenvalue weighted by atomic mass is 9.62. The quantitative estimate of drug-likeness (QED) is 0.0798. The number of carbonyl (C=O) groups is 5. The lowest BCUT2D eigenvalue weighted by Gasteiger charge is -2.49. The van der Waals surface area contributed by atoms with Crippen molar-refractivity contribution in [3.8, 4) is 0 Å². The minimum absolute atomic E-state index is 0.0385. The fourth-order valence-electron chi connectivity index (χ4n) is 9.14. The van der Waals surface area contributed by atoms with E-state index in [0.717, 1.165) is 38.5 Å². The Morgan fingerprint density at radius 3 is 2.35 bits per heavy atom. The highest BCUT2D eigenvalue weighted by molar-refractivity contribution is 5.94. The molecule has 4 aliphatic heterocycles. The Kier molecular flexibility index (Phi) is 14.2. The van der Waals surface area contributed by atoms with Crippen molar-refractivity contribution in [2.75, 3.05) is 13.2 Å². The van der Waals surface area contributed by atoms with E-state index < -0.39 is 101 Å². The van der Waals surface area contributed by atoms with Gasteiger partial charge in [0.05, 0.1) is 19.2 Å². The highest BCUT2D eigenvalue weighted by atomic mass is 16.8. The number of benzene rings is 1. The predicted octanol–water partition coefficient (Wildman–Crippen LogP) is 5.23. The molecule has 1 aliphatic carbocycles. The van der Waals surface area contributed by atoms with E-state index in [0.29, 0.717) is 24.0 Å². The van der Waals surface area contributed by atoms with Crippen LogP contribution in [0.25, 0.3) is 6.08 Å². The van der Waals surface area contributed by atoms with Crippen molar-refractivity contribution in [2.24, 2.45) is 10.8 Å². The van der Waals surface area contributed by atoms with Crippen LogP contribution in [-0.2, 0) is 63.8 Å². The van der Waals surface area contributed by atoms with Crippen LogP contribution in [-0.4, -0.2) is 107 Å². The van der Waals surface area contributed by atoms with Gasteiger partial charge in [-0.05, 0) is 57.2 Å². The SMILES string of the molecule is CCCCCC1(CCCCC)OC2C3CC4(C(=O)NC(CO)CCC(=O)OC(C)(C)C)C(ON(Cc5cccc(C=CC(=O)OC6C(=O)OCC6(C)C)c5)C4C(=O)O3)C2O1. The number of hydrogen-bond acceptors (Lipinski definition) is 14. The molecule has 0 aromatic heterocycles. The number of amides is 1. The number of ether oxygens (including phenoxy) is 6. The van der Waals surface area contributed by atoms with Gasteiger partial charge in [-0.3, -0.25) is 19.2 Å². The van der Waals surface area contributed by atoms with E-state index in [1.165, 1.54) is 11.1 Å². The molecule has 4 heterocycles. The summed E-state index contributed by atoms with van der Waals surface area (Å²) < 4.78 is 36.0. The molecule has 15 nitrogen and oxygen atoms in total. The van der Waals surface area contributed by atoms with E-state index in [1.807, 2.05) is 12.1 Å². The lowest BCUT2D eigenvalue weighted by molar-refractivity contribution is -0.224. The third-order valence-corrected chi connectivity index (χ3v) is 12.1. The minimum Gasteiger partial charge on any atom is -0.462 e. The van der Waals surface area contributed by atoms with Gasteiger partial charge in [-0.25, -0.2) is 9.59 Å². The standard InChI is InChI=1S/C45H64N2O13/c1-8-10-12-21-44(22-13-11-9-2)58-34-31-24-45(41(53)46-30(26-48)18-20-33(50)57-42(3,4)5)36(39(51)55-31)47(60-37(45)35(34)59-44)25-29-16-14-15-28(23-29)17-19-32(49)56-38-40(52)54-27-43(38,6)7/h14-17,19,23,30-31,34-38,48H,8-13,18,20-22,24-27H2,1-7H3,(H,46,53). The fraction of sp³-hybridized carbons (Fsp3) is 0.711. The summed E-state index contributed by atoms with van der Waals surface area (Å²) in [6, 6.07) is 5.23. The zero-order valence-corrected chi connectivity index (χ0v) is 36.2. The summed E-state index contributed by atoms with van der Waals surface area (Å²) in [6.45, 7) is 12.9. The largest absolute Gasteiger partial charge is 0.462 e. The predicted molar refractivity (Wildman–Crippen MR) is 216 cm³/mol. The number of fused-ring (bicyclic) bond motifs is 4. The number of rotatable bonds is 19. The Balaban J connectivity index is 1.27. The van der Waals surface area contributed by atoms with Crippen molar-refractivity contribution in [2.45, 2.75) is 180 Å². The first-order valence-corrected chi connectivity index (χ1v) is 21.7. The number of nitrogens with one attached hydrogen (secondary N) is 1. The summed E-state index contributed by atoms with van der Waals surface area (Å²) in [5.41, 5.74) is -1.50. The van der Waals surface area contributed by atoms with Crippen LogP contribution in [0.2, 0.25) is 0 Å². The van der Waals surface area contributed by atoms with Gasteiger partial charge in [0.2, 0.25) is 12.0 Å². The average molecular weight is 841 g/mol. The summed E-state index contributed by atoms with van der Waals surface area (Å²) >= 11 is 0. The van der Waals surface area contributed by atoms with Crippen molar-refractivity contribution >= 4 is 35.9 Å². The molecule has 1 saturated carbocycles. The Morgan fingerprint density at radius 1 is 1.02 bits per heavy atom. The van der Waals surface area contributed by atoms with Crippen molar-refractivity contribution in [3.63, 3.8) is 0 Å². The Morgan fingerprint density at radius 2 is 1.72 bits per heavy atom. The van der Waals surface area contributed by atoms with Gasteiger partial charge in [0.15, 0.2) is 11.8 Å². The van der Waals surface area contributed by atoms with Crippen molar-refractivity contribution in [1.82, 2.24) is 10.4 Å². The molecule has 332 valence electrons. The highest BCUT2D eigenvalue weighted by Gasteiger charge is 2.76. The van der Waals surface area contributed by atoms with Crippen LogP contribution in [0.5, 0.6) is 0 Å². The third kappa shape index (κ3) is 9.91. The number of esters is 4. The van der Waals surface area contributed by atoms with Gasteiger partial charge in [-0.1, -0.05) is 77.6 Å². The van der Waals surface area contributed by atoms with Gasteiger partial charge >= 0.3 is 23.9 Å². The lowest BCUT2D eigenvalue weighted by Crippen LogP contribution is -2.70. The monoisotopic (exact) mass is 840 g/mol. The number of cyclic esters (lactones) is 1. The maximum absolute atomic E-state index is 14.9. The minimum atomic E-state index is -1.50. The molecule has 1 aromatic rings. The van der Waals surface area contributed by atoms with E-state index >= 15 is 0 Å². The average Bonchev–Trinajstić information content (AvgIpc) is 3.82. The van der Waals surface area contributed by atoms with Gasteiger partial charge < -0.3 is 38.8 Å². The van der Waals surface area contributed by atoms with Crippen LogP contribution < -0.4 is 5.32 Å². The molecule has 5 aliphatic rings. The molecule has 6 rings (SSSR count). The Bertz CT molecular complexity index is 1760. The number of hydrogen-bond donors (Lipinski definition) is 2. The second-order valence-corrected chi connectivity index (χ2v) is 18.7. The van der Waals surface area contributed by atoms with E-state index in [9.17, 15) is 29.1 Å². The fourth-order valence-corrected chi connectivity index (χ4v) is 9.14. The van der Waals surface area contributed by atoms with E-state index in [2.05, 4.69) is 19.2 Å². The molecule has 4 saturated heterocycles. The van der Waals surface area contributed by atoms with Gasteiger partial charge in [0.25, 0.3) is 0 Å². The normalized spacial score (nSPS) is 29.5. The molecule has 0 spiro atoms. The molecule has 5 fully saturated rings. The summed E-state index contributed by atoms with van der Waals surface area (Å²) in [5.74, 6) is -3.82. The molecule has 1 aromatic carbocycles. The highest BCUT2D eigenvalue weighted by Crippen LogP contribution is 2.58. The number of hydroxylamine groups is 2. The van der Waals surface area contributed by atoms with Crippen LogP contribution in [0.1, 0.15) is 130 Å². The van der Waals surface area contributed by atoms with Crippen molar-refractivity contribution in [3.05, 3.63) is 41.5 Å². The van der Waals surface area contributed by atoms with Gasteiger partial charge in [-0.15, -0.1) is 0 Å². The van der Waals surface area contributed by atoms with E-state index in [-0.39, 0.29) is 32.4 Å².